The van der Waals surface area contributed by atoms with Crippen LogP contribution in [0.5, 0.6) is 0 Å². The van der Waals surface area contributed by atoms with Crippen LogP contribution in [0.4, 0.5) is 5.13 Å². The third-order valence-electron chi connectivity index (χ3n) is 5.28. The zero-order chi connectivity index (χ0) is 23.3. The minimum atomic E-state index is -0.922. The van der Waals surface area contributed by atoms with Gasteiger partial charge >= 0.3 is 5.97 Å². The fraction of sp³-hybridized carbons (Fsp3) is 0.130. The normalized spacial score (nSPS) is 16.1. The molecule has 0 saturated carbocycles. The van der Waals surface area contributed by atoms with Gasteiger partial charge in [-0.1, -0.05) is 35.6 Å². The highest BCUT2D eigenvalue weighted by atomic mass is 32.1. The lowest BCUT2D eigenvalue weighted by atomic mass is 10.0. The molecular formula is C23H16N2O6S2. The number of aryl methyl sites for hydroxylation is 1. The van der Waals surface area contributed by atoms with Crippen LogP contribution in [-0.2, 0) is 9.53 Å². The fourth-order valence-corrected chi connectivity index (χ4v) is 5.58. The number of carbonyl (C=O) groups excluding carboxylic acids is 3. The van der Waals surface area contributed by atoms with Crippen LogP contribution in [0.1, 0.15) is 36.8 Å². The van der Waals surface area contributed by atoms with Crippen molar-refractivity contribution in [3.63, 3.8) is 0 Å². The molecule has 33 heavy (non-hydrogen) atoms. The van der Waals surface area contributed by atoms with Gasteiger partial charge in [0.25, 0.3) is 5.91 Å². The third-order valence-corrected chi connectivity index (χ3v) is 7.34. The molecule has 1 aliphatic heterocycles. The first-order chi connectivity index (χ1) is 15.9. The molecule has 8 nitrogen and oxygen atoms in total. The van der Waals surface area contributed by atoms with E-state index in [-0.39, 0.29) is 21.3 Å². The monoisotopic (exact) mass is 480 g/mol. The van der Waals surface area contributed by atoms with E-state index < -0.39 is 29.5 Å². The number of ether oxygens (including phenoxy) is 1. The van der Waals surface area contributed by atoms with Crippen molar-refractivity contribution in [2.45, 2.75) is 13.0 Å². The molecule has 1 aromatic carbocycles. The maximum absolute atomic E-state index is 13.5. The number of hydrogen-bond acceptors (Lipinski definition) is 9. The minimum Gasteiger partial charge on any atom is -0.503 e. The first kappa shape index (κ1) is 21.1. The first-order valence-electron chi connectivity index (χ1n) is 9.79. The summed E-state index contributed by atoms with van der Waals surface area (Å²) in [6.07, 6.45) is 0. The molecule has 0 spiro atoms. The van der Waals surface area contributed by atoms with E-state index in [0.717, 1.165) is 16.7 Å². The van der Waals surface area contributed by atoms with Crippen molar-refractivity contribution >= 4 is 56.4 Å². The maximum Gasteiger partial charge on any atom is 0.350 e. The Bertz CT molecular complexity index is 1410. The van der Waals surface area contributed by atoms with E-state index in [0.29, 0.717) is 16.2 Å². The molecular weight excluding hydrogens is 464 g/mol. The van der Waals surface area contributed by atoms with Crippen LogP contribution in [0.25, 0.3) is 11.0 Å². The van der Waals surface area contributed by atoms with Gasteiger partial charge in [0.1, 0.15) is 16.5 Å². The smallest absolute Gasteiger partial charge is 0.350 e. The molecule has 5 rings (SSSR count). The number of Topliss-reactive ketones (excluding diaryl/α,β-unsaturated/α-hetero) is 1. The zero-order valence-electron chi connectivity index (χ0n) is 17.4. The van der Waals surface area contributed by atoms with Crippen LogP contribution in [0, 0.1) is 6.92 Å². The molecule has 10 heteroatoms. The van der Waals surface area contributed by atoms with Crippen molar-refractivity contribution in [2.24, 2.45) is 0 Å². The van der Waals surface area contributed by atoms with Gasteiger partial charge in [-0.2, -0.15) is 0 Å². The largest absolute Gasteiger partial charge is 0.503 e. The standard InChI is InChI=1S/C23H16N2O6S2/c1-11-20(22(29)30-2)33-23(24-11)25-17(15-8-5-9-32-15)16(19(27)21(25)28)18(26)14-10-12-6-3-4-7-13(12)31-14/h3-10,17,27H,1-2H3/t17-/m1/s1. The molecule has 0 bridgehead atoms. The topological polar surface area (TPSA) is 110 Å². The van der Waals surface area contributed by atoms with E-state index >= 15 is 0 Å². The van der Waals surface area contributed by atoms with Crippen molar-refractivity contribution < 1.29 is 28.6 Å². The predicted octanol–water partition coefficient (Wildman–Crippen LogP) is 4.83. The van der Waals surface area contributed by atoms with Crippen LogP contribution in [0.2, 0.25) is 0 Å². The number of carbonyl (C=O) groups is 3. The Morgan fingerprint density at radius 3 is 2.70 bits per heavy atom. The number of anilines is 1. The van der Waals surface area contributed by atoms with Gasteiger partial charge in [0.05, 0.1) is 18.4 Å². The van der Waals surface area contributed by atoms with Gasteiger partial charge in [-0.3, -0.25) is 14.5 Å². The Balaban J connectivity index is 1.63. The maximum atomic E-state index is 13.5. The van der Waals surface area contributed by atoms with Crippen molar-refractivity contribution in [3.8, 4) is 0 Å². The van der Waals surface area contributed by atoms with Crippen LogP contribution in [0.15, 0.2) is 63.6 Å². The summed E-state index contributed by atoms with van der Waals surface area (Å²) >= 11 is 2.29. The molecule has 0 radical (unpaired) electrons. The summed E-state index contributed by atoms with van der Waals surface area (Å²) in [4.78, 5) is 45.3. The van der Waals surface area contributed by atoms with Crippen molar-refractivity contribution in [2.75, 3.05) is 12.0 Å². The van der Waals surface area contributed by atoms with Crippen LogP contribution >= 0.6 is 22.7 Å². The molecule has 0 saturated heterocycles. The number of hydrogen-bond donors (Lipinski definition) is 1. The summed E-state index contributed by atoms with van der Waals surface area (Å²) in [5, 5.41) is 13.5. The number of aliphatic hydroxyl groups excluding tert-OH is 1. The number of aromatic nitrogens is 1. The van der Waals surface area contributed by atoms with Gasteiger partial charge in [-0.25, -0.2) is 9.78 Å². The van der Waals surface area contributed by atoms with E-state index in [4.69, 9.17) is 9.15 Å². The molecule has 166 valence electrons. The second-order valence-electron chi connectivity index (χ2n) is 7.24. The van der Waals surface area contributed by atoms with Gasteiger partial charge in [-0.05, 0) is 30.5 Å². The van der Waals surface area contributed by atoms with Crippen molar-refractivity contribution in [3.05, 3.63) is 80.4 Å². The second-order valence-corrected chi connectivity index (χ2v) is 9.19. The SMILES string of the molecule is COC(=O)c1sc(N2C(=O)C(O)=C(C(=O)c3cc4ccccc4o3)[C@H]2c2cccs2)nc1C. The number of fused-ring (bicyclic) bond motifs is 1. The Morgan fingerprint density at radius 2 is 2.00 bits per heavy atom. The summed E-state index contributed by atoms with van der Waals surface area (Å²) in [5.74, 6) is -2.62. The number of thiophene rings is 1. The molecule has 0 fully saturated rings. The molecule has 4 heterocycles. The van der Waals surface area contributed by atoms with Gasteiger partial charge in [0.2, 0.25) is 5.78 Å². The number of methoxy groups -OCH3 is 1. The number of ketones is 1. The van der Waals surface area contributed by atoms with Gasteiger partial charge in [-0.15, -0.1) is 11.3 Å². The number of benzene rings is 1. The number of thiazole rings is 1. The van der Waals surface area contributed by atoms with Crippen molar-refractivity contribution in [1.29, 1.82) is 0 Å². The molecule has 0 unspecified atom stereocenters. The first-order valence-corrected chi connectivity index (χ1v) is 11.5. The van der Waals surface area contributed by atoms with Crippen molar-refractivity contribution in [1.82, 2.24) is 4.98 Å². The lowest BCUT2D eigenvalue weighted by molar-refractivity contribution is -0.117. The minimum absolute atomic E-state index is 0.0134. The lowest BCUT2D eigenvalue weighted by Gasteiger charge is -2.22. The second kappa shape index (κ2) is 7.98. The summed E-state index contributed by atoms with van der Waals surface area (Å²) in [7, 11) is 1.26. The van der Waals surface area contributed by atoms with Gasteiger partial charge in [0, 0.05) is 10.3 Å². The van der Waals surface area contributed by atoms with E-state index in [1.54, 1.807) is 43.3 Å². The molecule has 1 aliphatic rings. The highest BCUT2D eigenvalue weighted by molar-refractivity contribution is 7.17. The number of rotatable bonds is 5. The van der Waals surface area contributed by atoms with E-state index in [2.05, 4.69) is 4.98 Å². The van der Waals surface area contributed by atoms with E-state index in [9.17, 15) is 19.5 Å². The summed E-state index contributed by atoms with van der Waals surface area (Å²) < 4.78 is 10.5. The van der Waals surface area contributed by atoms with Crippen LogP contribution in [0.3, 0.4) is 0 Å². The third kappa shape index (κ3) is 3.35. The summed E-state index contributed by atoms with van der Waals surface area (Å²) in [6.45, 7) is 1.63. The number of para-hydroxylation sites is 1. The predicted molar refractivity (Wildman–Crippen MR) is 123 cm³/mol. The number of aliphatic hydroxyl groups is 1. The lowest BCUT2D eigenvalue weighted by Crippen LogP contribution is -2.30. The number of furan rings is 1. The highest BCUT2D eigenvalue weighted by Crippen LogP contribution is 2.45. The Hall–Kier alpha value is -3.76. The Morgan fingerprint density at radius 1 is 1.21 bits per heavy atom. The summed E-state index contributed by atoms with van der Waals surface area (Å²) in [6, 6.07) is 11.4. The molecule has 0 aliphatic carbocycles. The quantitative estimate of drug-likeness (QED) is 0.322. The highest BCUT2D eigenvalue weighted by Gasteiger charge is 2.47. The fourth-order valence-electron chi connectivity index (χ4n) is 3.74. The molecule has 1 amide bonds. The van der Waals surface area contributed by atoms with E-state index in [1.165, 1.54) is 23.3 Å². The zero-order valence-corrected chi connectivity index (χ0v) is 19.0. The van der Waals surface area contributed by atoms with E-state index in [1.807, 2.05) is 11.4 Å². The van der Waals surface area contributed by atoms with Crippen LogP contribution < -0.4 is 4.90 Å². The van der Waals surface area contributed by atoms with Crippen LogP contribution in [-0.4, -0.2) is 34.9 Å². The molecule has 4 aromatic rings. The van der Waals surface area contributed by atoms with Gasteiger partial charge < -0.3 is 14.3 Å². The number of esters is 1. The molecule has 3 aromatic heterocycles. The Kier molecular flexibility index (Phi) is 5.10. The molecule has 1 atom stereocenters. The average Bonchev–Trinajstić information content (AvgIpc) is 3.59. The van der Waals surface area contributed by atoms with Gasteiger partial charge in [0.15, 0.2) is 16.7 Å². The average molecular weight is 481 g/mol. The molecule has 1 N–H and O–H groups in total. The number of nitrogens with zero attached hydrogens (tertiary/aromatic N) is 2. The summed E-state index contributed by atoms with van der Waals surface area (Å²) in [5.41, 5.74) is 0.804. The number of amides is 1. The Labute approximate surface area is 195 Å².